The molecule has 6 N–H and O–H groups in total. The molecule has 9 heteroatoms. The smallest absolute Gasteiger partial charge is 1.00 e. The topological polar surface area (TPSA) is 113 Å². The summed E-state index contributed by atoms with van der Waals surface area (Å²) in [5.74, 6) is 0. The van der Waals surface area contributed by atoms with Gasteiger partial charge in [-0.1, -0.05) is 0 Å². The molecule has 0 atom stereocenters. The molecule has 9 heavy (non-hydrogen) atoms. The minimum Gasteiger partial charge on any atom is -1.00 e. The number of rotatable bonds is 0. The predicted octanol–water partition coefficient (Wildman–Crippen LogP) is -3.66. The zero-order valence-electron chi connectivity index (χ0n) is 5.64. The Hall–Kier alpha value is 1.71. The first kappa shape index (κ1) is 31.0. The second kappa shape index (κ2) is 12.4. The van der Waals surface area contributed by atoms with Crippen LogP contribution in [0.2, 0.25) is 0 Å². The van der Waals surface area contributed by atoms with Gasteiger partial charge in [-0.3, -0.25) is 0 Å². The summed E-state index contributed by atoms with van der Waals surface area (Å²) in [7, 11) is -4.64. The van der Waals surface area contributed by atoms with E-state index in [0.29, 0.717) is 0 Å². The van der Waals surface area contributed by atoms with Crippen LogP contribution in [0.5, 0.6) is 0 Å². The van der Waals surface area contributed by atoms with Crippen molar-refractivity contribution in [3.05, 3.63) is 0 Å². The van der Waals surface area contributed by atoms with E-state index in [-0.39, 0.29) is 60.6 Å². The van der Waals surface area contributed by atoms with Crippen LogP contribution >= 0.6 is 7.82 Å². The van der Waals surface area contributed by atoms with E-state index in [4.69, 9.17) is 19.2 Å². The Morgan fingerprint density at radius 1 is 1.22 bits per heavy atom. The molecule has 0 saturated heterocycles. The van der Waals surface area contributed by atoms with Crippen LogP contribution in [-0.2, 0) is 38.7 Å². The minimum atomic E-state index is -4.64. The molecule has 0 fully saturated rings. The van der Waals surface area contributed by atoms with E-state index in [1.165, 1.54) is 0 Å². The van der Waals surface area contributed by atoms with Crippen molar-refractivity contribution in [1.82, 2.24) is 6.15 Å². The van der Waals surface area contributed by atoms with Gasteiger partial charge in [0.05, 0.1) is 0 Å². The van der Waals surface area contributed by atoms with Crippen molar-refractivity contribution in [2.75, 3.05) is 0 Å². The first-order valence-corrected chi connectivity index (χ1v) is 2.35. The molecule has 0 aromatic carbocycles. The van der Waals surface area contributed by atoms with E-state index in [1.54, 1.807) is 0 Å². The van der Waals surface area contributed by atoms with Gasteiger partial charge in [0.2, 0.25) is 0 Å². The first-order chi connectivity index (χ1) is 2.00. The third-order valence-corrected chi connectivity index (χ3v) is 0. The summed E-state index contributed by atoms with van der Waals surface area (Å²) in [6.45, 7) is 0. The number of hydrogen-bond donors (Lipinski definition) is 4. The third kappa shape index (κ3) is 198. The van der Waals surface area contributed by atoms with Crippen LogP contribution in [0.3, 0.4) is 0 Å². The average molecular weight is 234 g/mol. The maximum atomic E-state index is 8.88. The Balaban J connectivity index is -0.00000000800. The Labute approximate surface area is 87.4 Å². The van der Waals surface area contributed by atoms with Gasteiger partial charge in [0.25, 0.3) is 0 Å². The van der Waals surface area contributed by atoms with Crippen LogP contribution in [0.4, 0.5) is 0 Å². The van der Waals surface area contributed by atoms with Crippen molar-refractivity contribution < 1.29 is 73.7 Å². The Morgan fingerprint density at radius 3 is 1.22 bits per heavy atom. The van der Waals surface area contributed by atoms with Crippen molar-refractivity contribution in [1.29, 1.82) is 0 Å². The molecule has 0 bridgehead atoms. The fraction of sp³-hybridized carbons (Fsp3) is 0. The van der Waals surface area contributed by atoms with Crippen LogP contribution in [-0.4, -0.2) is 14.7 Å². The summed E-state index contributed by atoms with van der Waals surface area (Å²) in [5, 5.41) is 0. The molecule has 0 amide bonds. The van der Waals surface area contributed by atoms with Gasteiger partial charge in [0.1, 0.15) is 0 Å². The largest absolute Gasteiger partial charge is 1.00 e. The molecule has 0 aliphatic carbocycles. The summed E-state index contributed by atoms with van der Waals surface area (Å²) >= 11 is 0. The molecular formula is H7FeLiMnNO4P. The quantitative estimate of drug-likeness (QED) is 0.255. The monoisotopic (exact) mass is 234 g/mol. The summed E-state index contributed by atoms with van der Waals surface area (Å²) in [6.07, 6.45) is 0. The number of hydrogen-bond acceptors (Lipinski definition) is 2. The molecule has 0 rings (SSSR count). The van der Waals surface area contributed by atoms with Crippen LogP contribution in [0.15, 0.2) is 0 Å². The van der Waals surface area contributed by atoms with E-state index in [9.17, 15) is 0 Å². The molecule has 0 unspecified atom stereocenters. The molecule has 0 aromatic rings. The normalized spacial score (nSPS) is 6.56. The van der Waals surface area contributed by atoms with E-state index < -0.39 is 7.82 Å². The van der Waals surface area contributed by atoms with Gasteiger partial charge in [0, 0.05) is 34.1 Å². The fourth-order valence-electron chi connectivity index (χ4n) is 0. The Bertz CT molecular complexity index is 71.4. The van der Waals surface area contributed by atoms with Gasteiger partial charge in [0.15, 0.2) is 0 Å². The summed E-state index contributed by atoms with van der Waals surface area (Å²) in [6, 6.07) is 0. The second-order valence-corrected chi connectivity index (χ2v) is 1.54. The van der Waals surface area contributed by atoms with Gasteiger partial charge < -0.3 is 22.3 Å². The van der Waals surface area contributed by atoms with Crippen molar-refractivity contribution in [2.45, 2.75) is 0 Å². The zero-order valence-corrected chi connectivity index (χ0v) is 7.81. The molecule has 5 nitrogen and oxygen atoms in total. The maximum Gasteiger partial charge on any atom is 1.00 e. The second-order valence-electron chi connectivity index (χ2n) is 0.513. The van der Waals surface area contributed by atoms with Crippen molar-refractivity contribution in [2.24, 2.45) is 0 Å². The summed E-state index contributed by atoms with van der Waals surface area (Å²) < 4.78 is 8.88. The number of phosphoric acid groups is 1. The molecule has 57 valence electrons. The molecular weight excluding hydrogens is 227 g/mol. The molecule has 0 aliphatic rings. The van der Waals surface area contributed by atoms with Crippen molar-refractivity contribution in [3.8, 4) is 0 Å². The van der Waals surface area contributed by atoms with E-state index >= 15 is 0 Å². The van der Waals surface area contributed by atoms with Gasteiger partial charge in [-0.25, -0.2) is 4.57 Å². The maximum absolute atomic E-state index is 8.88. The van der Waals surface area contributed by atoms with E-state index in [1.807, 2.05) is 0 Å². The summed E-state index contributed by atoms with van der Waals surface area (Å²) in [4.78, 5) is 21.6. The van der Waals surface area contributed by atoms with Gasteiger partial charge in [-0.2, -0.15) is 0 Å². The van der Waals surface area contributed by atoms with Crippen LogP contribution in [0.1, 0.15) is 1.43 Å². The molecule has 0 aromatic heterocycles. The summed E-state index contributed by atoms with van der Waals surface area (Å²) in [5.41, 5.74) is 0. The van der Waals surface area contributed by atoms with Crippen molar-refractivity contribution >= 4 is 7.82 Å². The first-order valence-electron chi connectivity index (χ1n) is 0.783. The fourth-order valence-corrected chi connectivity index (χ4v) is 0. The van der Waals surface area contributed by atoms with Gasteiger partial charge in [-0.05, 0) is 0 Å². The molecule has 0 heterocycles. The van der Waals surface area contributed by atoms with Crippen LogP contribution in [0, 0.1) is 0 Å². The van der Waals surface area contributed by atoms with Crippen LogP contribution < -0.4 is 25.0 Å². The SMILES string of the molecule is N.O=P(O)(O)O.[Fe].[H-].[Li+].[Mn]. The molecule has 0 spiro atoms. The van der Waals surface area contributed by atoms with Gasteiger partial charge >= 0.3 is 26.7 Å². The average Bonchev–Trinajstić information content (AvgIpc) is 0.722. The van der Waals surface area contributed by atoms with E-state index in [0.717, 1.165) is 0 Å². The molecule has 0 saturated carbocycles. The zero-order chi connectivity index (χ0) is 4.50. The van der Waals surface area contributed by atoms with Crippen molar-refractivity contribution in [3.63, 3.8) is 0 Å². The third-order valence-electron chi connectivity index (χ3n) is 0. The Morgan fingerprint density at radius 2 is 1.22 bits per heavy atom. The molecule has 0 aliphatic heterocycles. The standard InChI is InChI=1S/Fe.Li.Mn.H3N.H3O4P.H/c;;;;1-5(2,3)4;/h;;;1H3;(H3,1,2,3,4);/q;+1;;;;-1. The van der Waals surface area contributed by atoms with Gasteiger partial charge in [-0.15, -0.1) is 0 Å². The van der Waals surface area contributed by atoms with E-state index in [2.05, 4.69) is 0 Å². The molecule has 1 radical (unpaired) electrons. The van der Waals surface area contributed by atoms with Crippen LogP contribution in [0.25, 0.3) is 0 Å². The Kier molecular flexibility index (Phi) is 42.6. The predicted molar refractivity (Wildman–Crippen MR) is 20.4 cm³/mol. The minimum absolute atomic E-state index is 0.